The van der Waals surface area contributed by atoms with E-state index in [0.29, 0.717) is 27.0 Å². The maximum atomic E-state index is 12.7. The van der Waals surface area contributed by atoms with E-state index in [0.717, 1.165) is 0 Å². The Morgan fingerprint density at radius 1 is 1.16 bits per heavy atom. The molecule has 2 amide bonds. The molecule has 0 spiro atoms. The summed E-state index contributed by atoms with van der Waals surface area (Å²) in [4.78, 5) is 25.7. The van der Waals surface area contributed by atoms with E-state index >= 15 is 0 Å². The van der Waals surface area contributed by atoms with Crippen molar-refractivity contribution in [2.45, 2.75) is 13.0 Å². The summed E-state index contributed by atoms with van der Waals surface area (Å²) < 4.78 is 5.66. The zero-order valence-corrected chi connectivity index (χ0v) is 15.0. The van der Waals surface area contributed by atoms with Crippen LogP contribution in [0.2, 0.25) is 10.0 Å². The van der Waals surface area contributed by atoms with Crippen LogP contribution in [0.3, 0.4) is 0 Å². The first-order chi connectivity index (χ1) is 12.0. The zero-order valence-electron chi connectivity index (χ0n) is 13.5. The first-order valence-corrected chi connectivity index (χ1v) is 8.49. The molecule has 0 fully saturated rings. The SMILES string of the molecule is CC(=O)NC1C(=O)N(CCOc2ccccc2Cl)c2c(Cl)cccc21. The van der Waals surface area contributed by atoms with E-state index in [4.69, 9.17) is 27.9 Å². The summed E-state index contributed by atoms with van der Waals surface area (Å²) in [7, 11) is 0. The topological polar surface area (TPSA) is 58.6 Å². The molecule has 0 radical (unpaired) electrons. The summed E-state index contributed by atoms with van der Waals surface area (Å²) in [6.45, 7) is 1.91. The molecule has 1 aliphatic heterocycles. The fourth-order valence-corrected chi connectivity index (χ4v) is 3.30. The van der Waals surface area contributed by atoms with Gasteiger partial charge in [-0.25, -0.2) is 0 Å². The first kappa shape index (κ1) is 17.6. The lowest BCUT2D eigenvalue weighted by molar-refractivity contribution is -0.126. The molecule has 25 heavy (non-hydrogen) atoms. The molecule has 7 heteroatoms. The third-order valence-electron chi connectivity index (χ3n) is 3.87. The lowest BCUT2D eigenvalue weighted by Gasteiger charge is -2.19. The Kier molecular flexibility index (Phi) is 5.16. The molecule has 2 aromatic rings. The Morgan fingerprint density at radius 3 is 2.60 bits per heavy atom. The predicted molar refractivity (Wildman–Crippen MR) is 97.3 cm³/mol. The molecule has 1 aliphatic rings. The number of ether oxygens (including phenoxy) is 1. The minimum Gasteiger partial charge on any atom is -0.490 e. The van der Waals surface area contributed by atoms with Crippen molar-refractivity contribution in [2.75, 3.05) is 18.1 Å². The number of amides is 2. The van der Waals surface area contributed by atoms with Crippen LogP contribution in [0.15, 0.2) is 42.5 Å². The number of rotatable bonds is 5. The average molecular weight is 379 g/mol. The summed E-state index contributed by atoms with van der Waals surface area (Å²) in [5.74, 6) is 0.0353. The van der Waals surface area contributed by atoms with Crippen molar-refractivity contribution in [1.82, 2.24) is 5.32 Å². The zero-order chi connectivity index (χ0) is 18.0. The smallest absolute Gasteiger partial charge is 0.254 e. The number of halogens is 2. The van der Waals surface area contributed by atoms with Gasteiger partial charge in [0.05, 0.1) is 22.3 Å². The van der Waals surface area contributed by atoms with Crippen molar-refractivity contribution >= 4 is 40.7 Å². The summed E-state index contributed by atoms with van der Waals surface area (Å²) in [6, 6.07) is 11.7. The molecular weight excluding hydrogens is 363 g/mol. The fourth-order valence-electron chi connectivity index (χ4n) is 2.82. The minimum atomic E-state index is -0.730. The highest BCUT2D eigenvalue weighted by atomic mass is 35.5. The van der Waals surface area contributed by atoms with Gasteiger partial charge in [-0.2, -0.15) is 0 Å². The normalized spacial score (nSPS) is 15.9. The van der Waals surface area contributed by atoms with Crippen LogP contribution in [0.25, 0.3) is 0 Å². The van der Waals surface area contributed by atoms with Crippen molar-refractivity contribution < 1.29 is 14.3 Å². The van der Waals surface area contributed by atoms with E-state index in [9.17, 15) is 9.59 Å². The molecule has 2 aromatic carbocycles. The van der Waals surface area contributed by atoms with Crippen molar-refractivity contribution in [3.8, 4) is 5.75 Å². The highest BCUT2D eigenvalue weighted by molar-refractivity contribution is 6.35. The predicted octanol–water partition coefficient (Wildman–Crippen LogP) is 3.60. The first-order valence-electron chi connectivity index (χ1n) is 7.73. The van der Waals surface area contributed by atoms with Crippen LogP contribution in [-0.4, -0.2) is 25.0 Å². The molecule has 1 unspecified atom stereocenters. The average Bonchev–Trinajstić information content (AvgIpc) is 2.83. The molecule has 0 saturated heterocycles. The molecular formula is C18H16Cl2N2O3. The number of nitrogens with one attached hydrogen (secondary N) is 1. The Balaban J connectivity index is 1.78. The maximum absolute atomic E-state index is 12.7. The van der Waals surface area contributed by atoms with Crippen LogP contribution in [0.1, 0.15) is 18.5 Å². The second-order valence-electron chi connectivity index (χ2n) is 5.58. The van der Waals surface area contributed by atoms with E-state index in [2.05, 4.69) is 5.32 Å². The Bertz CT molecular complexity index is 826. The van der Waals surface area contributed by atoms with Crippen molar-refractivity contribution in [2.24, 2.45) is 0 Å². The minimum absolute atomic E-state index is 0.235. The van der Waals surface area contributed by atoms with Gasteiger partial charge in [-0.15, -0.1) is 0 Å². The van der Waals surface area contributed by atoms with Crippen LogP contribution in [0.4, 0.5) is 5.69 Å². The molecule has 1 atom stereocenters. The summed E-state index contributed by atoms with van der Waals surface area (Å²) in [5, 5.41) is 3.63. The molecule has 1 N–H and O–H groups in total. The molecule has 0 aliphatic carbocycles. The largest absolute Gasteiger partial charge is 0.490 e. The summed E-state index contributed by atoms with van der Waals surface area (Å²) in [5.41, 5.74) is 1.29. The van der Waals surface area contributed by atoms with Gasteiger partial charge >= 0.3 is 0 Å². The van der Waals surface area contributed by atoms with Crippen LogP contribution in [0.5, 0.6) is 5.75 Å². The molecule has 130 valence electrons. The number of carbonyl (C=O) groups excluding carboxylic acids is 2. The van der Waals surface area contributed by atoms with Crippen molar-refractivity contribution in [3.05, 3.63) is 58.1 Å². The third kappa shape index (κ3) is 3.57. The number of anilines is 1. The molecule has 0 aromatic heterocycles. The van der Waals surface area contributed by atoms with Gasteiger partial charge in [-0.05, 0) is 18.2 Å². The van der Waals surface area contributed by atoms with Gasteiger partial charge in [0.25, 0.3) is 5.91 Å². The number of hydrogen-bond donors (Lipinski definition) is 1. The number of benzene rings is 2. The second-order valence-corrected chi connectivity index (χ2v) is 6.39. The van der Waals surface area contributed by atoms with Crippen LogP contribution < -0.4 is 15.0 Å². The third-order valence-corrected chi connectivity index (χ3v) is 4.49. The Hall–Kier alpha value is -2.24. The molecule has 5 nitrogen and oxygen atoms in total. The molecule has 0 bridgehead atoms. The highest BCUT2D eigenvalue weighted by Crippen LogP contribution is 2.40. The van der Waals surface area contributed by atoms with E-state index in [-0.39, 0.29) is 25.0 Å². The highest BCUT2D eigenvalue weighted by Gasteiger charge is 2.39. The lowest BCUT2D eigenvalue weighted by atomic mass is 10.1. The van der Waals surface area contributed by atoms with Crippen LogP contribution in [-0.2, 0) is 9.59 Å². The summed E-state index contributed by atoms with van der Waals surface area (Å²) >= 11 is 12.3. The monoisotopic (exact) mass is 378 g/mol. The molecule has 1 heterocycles. The quantitative estimate of drug-likeness (QED) is 0.864. The summed E-state index contributed by atoms with van der Waals surface area (Å²) in [6.07, 6.45) is 0. The van der Waals surface area contributed by atoms with E-state index in [1.54, 1.807) is 30.3 Å². The Labute approximate surface area is 155 Å². The van der Waals surface area contributed by atoms with Gasteiger partial charge in [-0.3, -0.25) is 9.59 Å². The van der Waals surface area contributed by atoms with E-state index in [1.807, 2.05) is 12.1 Å². The van der Waals surface area contributed by atoms with Gasteiger partial charge in [-0.1, -0.05) is 47.5 Å². The molecule has 0 saturated carbocycles. The van der Waals surface area contributed by atoms with Crippen LogP contribution >= 0.6 is 23.2 Å². The van der Waals surface area contributed by atoms with Gasteiger partial charge in [0, 0.05) is 12.5 Å². The number of nitrogens with zero attached hydrogens (tertiary/aromatic N) is 1. The second kappa shape index (κ2) is 7.33. The molecule has 3 rings (SSSR count). The Morgan fingerprint density at radius 2 is 1.88 bits per heavy atom. The van der Waals surface area contributed by atoms with Gasteiger partial charge < -0.3 is 15.0 Å². The number of fused-ring (bicyclic) bond motifs is 1. The van der Waals surface area contributed by atoms with E-state index in [1.165, 1.54) is 11.8 Å². The van der Waals surface area contributed by atoms with Gasteiger partial charge in [0.2, 0.25) is 5.91 Å². The van der Waals surface area contributed by atoms with E-state index < -0.39 is 6.04 Å². The van der Waals surface area contributed by atoms with Crippen LogP contribution in [0, 0.1) is 0 Å². The lowest BCUT2D eigenvalue weighted by Crippen LogP contribution is -2.38. The number of carbonyl (C=O) groups is 2. The van der Waals surface area contributed by atoms with Crippen molar-refractivity contribution in [3.63, 3.8) is 0 Å². The fraction of sp³-hybridized carbons (Fsp3) is 0.222. The maximum Gasteiger partial charge on any atom is 0.254 e. The van der Waals surface area contributed by atoms with Gasteiger partial charge in [0.1, 0.15) is 18.4 Å². The van der Waals surface area contributed by atoms with Gasteiger partial charge in [0.15, 0.2) is 0 Å². The standard InChI is InChI=1S/C18H16Cl2N2O3/c1-11(23)21-16-12-5-4-7-14(20)17(12)22(18(16)24)9-10-25-15-8-3-2-6-13(15)19/h2-8,16H,9-10H2,1H3,(H,21,23). The van der Waals surface area contributed by atoms with Crippen molar-refractivity contribution in [1.29, 1.82) is 0 Å². The number of hydrogen-bond acceptors (Lipinski definition) is 3. The number of para-hydroxylation sites is 2.